The molecule has 1 saturated heterocycles. The molecule has 1 aliphatic heterocycles. The van der Waals surface area contributed by atoms with Crippen molar-refractivity contribution >= 4 is 17.2 Å². The summed E-state index contributed by atoms with van der Waals surface area (Å²) in [5.74, 6) is 0.129. The van der Waals surface area contributed by atoms with Crippen LogP contribution in [0.15, 0.2) is 42.5 Å². The van der Waals surface area contributed by atoms with E-state index >= 15 is 0 Å². The molecule has 0 spiro atoms. The van der Waals surface area contributed by atoms with Gasteiger partial charge in [-0.25, -0.2) is 15.0 Å². The summed E-state index contributed by atoms with van der Waals surface area (Å²) in [7, 11) is 0. The van der Waals surface area contributed by atoms with Crippen LogP contribution in [0.4, 0.5) is 10.1 Å². The number of aryl methyl sites for hydroxylation is 2. The summed E-state index contributed by atoms with van der Waals surface area (Å²) in [5.41, 5.74) is 3.51. The molecule has 0 aromatic carbocycles. The van der Waals surface area contributed by atoms with Crippen LogP contribution in [0, 0.1) is 31.1 Å². The van der Waals surface area contributed by atoms with Gasteiger partial charge in [-0.15, -0.1) is 0 Å². The number of nitrogens with zero attached hydrogens (tertiary/aromatic N) is 4. The Labute approximate surface area is 157 Å². The first-order valence-electron chi connectivity index (χ1n) is 8.96. The van der Waals surface area contributed by atoms with Crippen molar-refractivity contribution < 1.29 is 9.18 Å². The third-order valence-electron chi connectivity index (χ3n) is 5.51. The van der Waals surface area contributed by atoms with E-state index in [2.05, 4.69) is 21.0 Å². The lowest BCUT2D eigenvalue weighted by Crippen LogP contribution is -2.31. The number of allylic oxidation sites excluding steroid dienone is 4. The highest BCUT2D eigenvalue weighted by Crippen LogP contribution is 2.50. The maximum absolute atomic E-state index is 13.8. The van der Waals surface area contributed by atoms with Gasteiger partial charge in [-0.05, 0) is 37.5 Å². The summed E-state index contributed by atoms with van der Waals surface area (Å²) in [4.78, 5) is 27.1. The van der Waals surface area contributed by atoms with Crippen LogP contribution in [0.25, 0.3) is 5.57 Å². The van der Waals surface area contributed by atoms with Crippen molar-refractivity contribution in [3.8, 4) is 0 Å². The van der Waals surface area contributed by atoms with Crippen LogP contribution in [-0.4, -0.2) is 20.9 Å². The van der Waals surface area contributed by atoms with Crippen molar-refractivity contribution in [2.75, 3.05) is 4.90 Å². The monoisotopic (exact) mass is 364 g/mol. The molecule has 0 radical (unpaired) electrons. The van der Waals surface area contributed by atoms with Crippen LogP contribution in [-0.2, 0) is 4.79 Å². The Bertz CT molecular complexity index is 992. The summed E-state index contributed by atoms with van der Waals surface area (Å²) in [6, 6.07) is 1.33. The summed E-state index contributed by atoms with van der Waals surface area (Å²) in [5, 5.41) is 0. The summed E-state index contributed by atoms with van der Waals surface area (Å²) >= 11 is 0. The van der Waals surface area contributed by atoms with E-state index in [0.29, 0.717) is 11.5 Å². The zero-order valence-corrected chi connectivity index (χ0v) is 15.8. The van der Waals surface area contributed by atoms with E-state index in [4.69, 9.17) is 0 Å². The van der Waals surface area contributed by atoms with Gasteiger partial charge < -0.3 is 0 Å². The highest BCUT2D eigenvalue weighted by molar-refractivity contribution is 6.05. The predicted octanol–water partition coefficient (Wildman–Crippen LogP) is 3.99. The van der Waals surface area contributed by atoms with Crippen molar-refractivity contribution in [3.63, 3.8) is 0 Å². The van der Waals surface area contributed by atoms with Gasteiger partial charge in [-0.3, -0.25) is 9.69 Å². The van der Waals surface area contributed by atoms with E-state index in [1.165, 1.54) is 12.3 Å². The topological polar surface area (TPSA) is 59.0 Å². The Kier molecular flexibility index (Phi) is 3.94. The summed E-state index contributed by atoms with van der Waals surface area (Å²) in [6.45, 7) is 7.58. The number of hydrogen-bond donors (Lipinski definition) is 0. The van der Waals surface area contributed by atoms with Crippen LogP contribution in [0.2, 0.25) is 0 Å². The predicted molar refractivity (Wildman–Crippen MR) is 101 cm³/mol. The average Bonchev–Trinajstić information content (AvgIpc) is 2.84. The highest BCUT2D eigenvalue weighted by atomic mass is 19.1. The molecule has 1 unspecified atom stereocenters. The fraction of sp³-hybridized carbons (Fsp3) is 0.333. The average molecular weight is 364 g/mol. The Morgan fingerprint density at radius 1 is 1.15 bits per heavy atom. The first kappa shape index (κ1) is 17.5. The van der Waals surface area contributed by atoms with E-state index in [1.54, 1.807) is 17.3 Å². The minimum Gasteiger partial charge on any atom is -0.284 e. The number of anilines is 1. The molecule has 6 heteroatoms. The van der Waals surface area contributed by atoms with E-state index < -0.39 is 11.4 Å². The molecule has 0 N–H and O–H groups in total. The minimum atomic E-state index is -0.594. The molecule has 1 fully saturated rings. The lowest BCUT2D eigenvalue weighted by Gasteiger charge is -2.26. The Morgan fingerprint density at radius 2 is 1.85 bits per heavy atom. The van der Waals surface area contributed by atoms with Crippen LogP contribution in [0.5, 0.6) is 0 Å². The molecule has 0 saturated carbocycles. The number of carbonyl (C=O) groups excluding carboxylic acids is 1. The first-order chi connectivity index (χ1) is 12.8. The lowest BCUT2D eigenvalue weighted by atomic mass is 9.75. The standard InChI is InChI=1S/C21H21FN4O/c1-12-9-25-19(22)8-17(12)26-18-7-14(15-10-23-13(2)24-11-15)5-6-16(18)21(3,4)20(26)27/h5,7-11,16H,6H2,1-4H3. The van der Waals surface area contributed by atoms with Gasteiger partial charge in [-0.2, -0.15) is 4.39 Å². The normalized spacial score (nSPS) is 21.0. The number of carbonyl (C=O) groups is 1. The molecule has 0 bridgehead atoms. The van der Waals surface area contributed by atoms with Crippen molar-refractivity contribution in [1.29, 1.82) is 0 Å². The molecule has 1 aliphatic carbocycles. The van der Waals surface area contributed by atoms with Gasteiger partial charge in [0.05, 0.1) is 11.1 Å². The second kappa shape index (κ2) is 6.08. The molecule has 2 aliphatic rings. The molecule has 2 aromatic rings. The number of hydrogen-bond acceptors (Lipinski definition) is 4. The lowest BCUT2D eigenvalue weighted by molar-refractivity contribution is -0.125. The molecule has 5 nitrogen and oxygen atoms in total. The number of halogens is 1. The number of aromatic nitrogens is 3. The fourth-order valence-corrected chi connectivity index (χ4v) is 3.84. The maximum atomic E-state index is 13.8. The van der Waals surface area contributed by atoms with Gasteiger partial charge in [0.2, 0.25) is 11.9 Å². The Balaban J connectivity index is 1.84. The van der Waals surface area contributed by atoms with Gasteiger partial charge in [0, 0.05) is 41.8 Å². The quantitative estimate of drug-likeness (QED) is 0.756. The van der Waals surface area contributed by atoms with E-state index in [0.717, 1.165) is 28.8 Å². The molecule has 138 valence electrons. The van der Waals surface area contributed by atoms with E-state index in [-0.39, 0.29) is 11.8 Å². The summed E-state index contributed by atoms with van der Waals surface area (Å²) < 4.78 is 13.8. The first-order valence-corrected chi connectivity index (χ1v) is 8.96. The third kappa shape index (κ3) is 2.76. The Hall–Kier alpha value is -2.89. The van der Waals surface area contributed by atoms with Gasteiger partial charge in [0.1, 0.15) is 5.82 Å². The van der Waals surface area contributed by atoms with Crippen molar-refractivity contribution in [2.24, 2.45) is 11.3 Å². The minimum absolute atomic E-state index is 0.0257. The number of pyridine rings is 1. The van der Waals surface area contributed by atoms with Gasteiger partial charge in [0.25, 0.3) is 0 Å². The van der Waals surface area contributed by atoms with Gasteiger partial charge >= 0.3 is 0 Å². The fourth-order valence-electron chi connectivity index (χ4n) is 3.84. The largest absolute Gasteiger partial charge is 0.284 e. The van der Waals surface area contributed by atoms with Crippen molar-refractivity contribution in [2.45, 2.75) is 34.1 Å². The van der Waals surface area contributed by atoms with Gasteiger partial charge in [-0.1, -0.05) is 19.9 Å². The molecule has 4 rings (SSSR count). The SMILES string of the molecule is Cc1ncc(C2=CCC3C(=C2)N(c2cc(F)ncc2C)C(=O)C3(C)C)cn1. The van der Waals surface area contributed by atoms with Crippen molar-refractivity contribution in [3.05, 3.63) is 65.4 Å². The zero-order valence-electron chi connectivity index (χ0n) is 15.8. The van der Waals surface area contributed by atoms with Crippen LogP contribution in [0.3, 0.4) is 0 Å². The number of rotatable bonds is 2. The molecule has 2 aromatic heterocycles. The van der Waals surface area contributed by atoms with Crippen molar-refractivity contribution in [1.82, 2.24) is 15.0 Å². The zero-order chi connectivity index (χ0) is 19.3. The highest BCUT2D eigenvalue weighted by Gasteiger charge is 2.51. The van der Waals surface area contributed by atoms with Crippen LogP contribution >= 0.6 is 0 Å². The van der Waals surface area contributed by atoms with Crippen LogP contribution < -0.4 is 4.90 Å². The number of fused-ring (bicyclic) bond motifs is 1. The van der Waals surface area contributed by atoms with E-state index in [1.807, 2.05) is 33.8 Å². The second-order valence-electron chi connectivity index (χ2n) is 7.69. The third-order valence-corrected chi connectivity index (χ3v) is 5.51. The van der Waals surface area contributed by atoms with E-state index in [9.17, 15) is 9.18 Å². The van der Waals surface area contributed by atoms with Gasteiger partial charge in [0.15, 0.2) is 0 Å². The molecule has 27 heavy (non-hydrogen) atoms. The second-order valence-corrected chi connectivity index (χ2v) is 7.69. The molecule has 1 atom stereocenters. The molecular weight excluding hydrogens is 343 g/mol. The Morgan fingerprint density at radius 3 is 2.56 bits per heavy atom. The summed E-state index contributed by atoms with van der Waals surface area (Å²) in [6.07, 6.45) is 9.90. The molecule has 3 heterocycles. The molecule has 1 amide bonds. The number of amides is 1. The van der Waals surface area contributed by atoms with Crippen LogP contribution in [0.1, 0.15) is 37.2 Å². The molecular formula is C21H21FN4O. The maximum Gasteiger partial charge on any atom is 0.237 e. The smallest absolute Gasteiger partial charge is 0.237 e.